The van der Waals surface area contributed by atoms with Crippen LogP contribution in [0.15, 0.2) is 84.9 Å². The molecule has 0 spiro atoms. The highest BCUT2D eigenvalue weighted by Gasteiger charge is 2.32. The lowest BCUT2D eigenvalue weighted by molar-refractivity contribution is 0.455. The van der Waals surface area contributed by atoms with E-state index in [0.29, 0.717) is 0 Å². The van der Waals surface area contributed by atoms with Gasteiger partial charge in [-0.1, -0.05) is 36.4 Å². The van der Waals surface area contributed by atoms with Gasteiger partial charge in [0, 0.05) is 17.0 Å². The second-order valence-electron chi connectivity index (χ2n) is 7.89. The van der Waals surface area contributed by atoms with E-state index in [4.69, 9.17) is 4.74 Å². The van der Waals surface area contributed by atoms with Gasteiger partial charge in [-0.15, -0.1) is 0 Å². The van der Waals surface area contributed by atoms with Crippen LogP contribution in [0.1, 0.15) is 22.6 Å². The average Bonchev–Trinajstić information content (AvgIpc) is 2.78. The fraction of sp³-hybridized carbons (Fsp3) is 0.0370. The topological polar surface area (TPSA) is 69.9 Å². The lowest BCUT2D eigenvalue weighted by atomic mass is 9.78. The van der Waals surface area contributed by atoms with Gasteiger partial charge in [-0.3, -0.25) is 0 Å². The van der Waals surface area contributed by atoms with Crippen LogP contribution in [0, 0.1) is 0 Å². The van der Waals surface area contributed by atoms with Crippen molar-refractivity contribution in [3.05, 3.63) is 102 Å². The van der Waals surface area contributed by atoms with Gasteiger partial charge in [-0.25, -0.2) is 0 Å². The molecule has 0 fully saturated rings. The number of aromatic hydroxyl groups is 3. The molecule has 0 amide bonds. The fourth-order valence-electron chi connectivity index (χ4n) is 4.66. The van der Waals surface area contributed by atoms with Gasteiger partial charge >= 0.3 is 0 Å². The van der Waals surface area contributed by atoms with E-state index >= 15 is 0 Å². The molecule has 0 aromatic heterocycles. The number of ether oxygens (including phenoxy) is 1. The molecule has 0 unspecified atom stereocenters. The van der Waals surface area contributed by atoms with Crippen molar-refractivity contribution in [2.45, 2.75) is 5.92 Å². The highest BCUT2D eigenvalue weighted by molar-refractivity contribution is 5.96. The Kier molecular flexibility index (Phi) is 3.65. The van der Waals surface area contributed by atoms with E-state index in [9.17, 15) is 15.3 Å². The SMILES string of the molecule is Oc1ccc(C2c3c(ccc4ccc(O)cc34)Oc3ccc4ccc(O)cc4c32)cc1. The Balaban J connectivity index is 1.76. The van der Waals surface area contributed by atoms with Crippen LogP contribution in [0.4, 0.5) is 0 Å². The molecular weight excluding hydrogens is 388 g/mol. The quantitative estimate of drug-likeness (QED) is 0.296. The van der Waals surface area contributed by atoms with Crippen LogP contribution in [0.25, 0.3) is 21.5 Å². The van der Waals surface area contributed by atoms with E-state index < -0.39 is 0 Å². The molecule has 31 heavy (non-hydrogen) atoms. The van der Waals surface area contributed by atoms with E-state index in [1.54, 1.807) is 36.4 Å². The maximum atomic E-state index is 10.2. The van der Waals surface area contributed by atoms with Crippen molar-refractivity contribution in [3.8, 4) is 28.7 Å². The molecule has 6 rings (SSSR count). The molecule has 4 nitrogen and oxygen atoms in total. The van der Waals surface area contributed by atoms with E-state index in [2.05, 4.69) is 0 Å². The fourth-order valence-corrected chi connectivity index (χ4v) is 4.66. The Labute approximate surface area is 178 Å². The predicted octanol–water partition coefficient (Wildman–Crippen LogP) is 6.40. The summed E-state index contributed by atoms with van der Waals surface area (Å²) >= 11 is 0. The summed E-state index contributed by atoms with van der Waals surface area (Å²) in [6, 6.07) is 25.7. The van der Waals surface area contributed by atoms with Gasteiger partial charge in [0.15, 0.2) is 0 Å². The summed E-state index contributed by atoms with van der Waals surface area (Å²) in [5.41, 5.74) is 2.88. The van der Waals surface area contributed by atoms with Gasteiger partial charge < -0.3 is 20.1 Å². The van der Waals surface area contributed by atoms with Crippen molar-refractivity contribution in [1.82, 2.24) is 0 Å². The summed E-state index contributed by atoms with van der Waals surface area (Å²) in [6.07, 6.45) is 0. The minimum Gasteiger partial charge on any atom is -0.508 e. The monoisotopic (exact) mass is 406 g/mol. The summed E-state index contributed by atoms with van der Waals surface area (Å²) in [5.74, 6) is 1.81. The summed E-state index contributed by atoms with van der Waals surface area (Å²) in [6.45, 7) is 0. The van der Waals surface area contributed by atoms with Crippen LogP contribution in [0.2, 0.25) is 0 Å². The number of phenolic OH excluding ortho intramolecular Hbond substituents is 3. The van der Waals surface area contributed by atoms with Crippen molar-refractivity contribution in [1.29, 1.82) is 0 Å². The standard InChI is InChI=1S/C27H18O4/c28-18-7-3-17(4-8-18)25-26-21-13-19(29)9-1-15(21)5-11-23(26)31-24-12-6-16-2-10-20(30)14-22(16)27(24)25/h1-14,25,28-30H. The van der Waals surface area contributed by atoms with Gasteiger partial charge in [0.05, 0.1) is 0 Å². The zero-order valence-corrected chi connectivity index (χ0v) is 16.4. The number of fused-ring (bicyclic) bond motifs is 6. The molecule has 3 N–H and O–H groups in total. The van der Waals surface area contributed by atoms with E-state index in [1.165, 1.54) is 0 Å². The van der Waals surface area contributed by atoms with Gasteiger partial charge in [-0.05, 0) is 75.6 Å². The molecule has 1 aliphatic rings. The van der Waals surface area contributed by atoms with Gasteiger partial charge in [0.1, 0.15) is 28.7 Å². The average molecular weight is 406 g/mol. The van der Waals surface area contributed by atoms with Crippen molar-refractivity contribution < 1.29 is 20.1 Å². The zero-order chi connectivity index (χ0) is 21.1. The number of hydrogen-bond donors (Lipinski definition) is 3. The number of rotatable bonds is 1. The van der Waals surface area contributed by atoms with Crippen LogP contribution in [0.5, 0.6) is 28.7 Å². The minimum absolute atomic E-state index is 0.187. The van der Waals surface area contributed by atoms with E-state index in [1.807, 2.05) is 48.5 Å². The maximum absolute atomic E-state index is 10.2. The molecule has 1 aliphatic heterocycles. The first kappa shape index (κ1) is 17.7. The third-order valence-corrected chi connectivity index (χ3v) is 6.04. The van der Waals surface area contributed by atoms with Crippen LogP contribution in [0.3, 0.4) is 0 Å². The molecule has 0 saturated heterocycles. The maximum Gasteiger partial charge on any atom is 0.132 e. The highest BCUT2D eigenvalue weighted by atomic mass is 16.5. The second-order valence-corrected chi connectivity index (χ2v) is 7.89. The number of benzene rings is 5. The second kappa shape index (κ2) is 6.41. The lowest BCUT2D eigenvalue weighted by Gasteiger charge is -2.31. The molecule has 0 aliphatic carbocycles. The van der Waals surface area contributed by atoms with Crippen molar-refractivity contribution in [3.63, 3.8) is 0 Å². The molecule has 0 radical (unpaired) electrons. The molecule has 1 heterocycles. The Hall–Kier alpha value is -4.18. The molecule has 0 bridgehead atoms. The first-order valence-electron chi connectivity index (χ1n) is 10.1. The smallest absolute Gasteiger partial charge is 0.132 e. The first-order valence-corrected chi connectivity index (χ1v) is 10.1. The molecule has 150 valence electrons. The lowest BCUT2D eigenvalue weighted by Crippen LogP contribution is -2.13. The molecular formula is C27H18O4. The Morgan fingerprint density at radius 2 is 0.968 bits per heavy atom. The molecule has 5 aromatic carbocycles. The van der Waals surface area contributed by atoms with Crippen molar-refractivity contribution in [2.75, 3.05) is 0 Å². The normalized spacial score (nSPS) is 13.0. The Morgan fingerprint density at radius 1 is 0.516 bits per heavy atom. The predicted molar refractivity (Wildman–Crippen MR) is 120 cm³/mol. The number of hydrogen-bond acceptors (Lipinski definition) is 4. The van der Waals surface area contributed by atoms with Gasteiger partial charge in [0.2, 0.25) is 0 Å². The van der Waals surface area contributed by atoms with Crippen LogP contribution < -0.4 is 4.74 Å². The zero-order valence-electron chi connectivity index (χ0n) is 16.4. The summed E-state index contributed by atoms with van der Waals surface area (Å²) in [5, 5.41) is 34.1. The summed E-state index contributed by atoms with van der Waals surface area (Å²) in [7, 11) is 0. The summed E-state index contributed by atoms with van der Waals surface area (Å²) < 4.78 is 6.34. The summed E-state index contributed by atoms with van der Waals surface area (Å²) in [4.78, 5) is 0. The van der Waals surface area contributed by atoms with Crippen LogP contribution >= 0.6 is 0 Å². The Bertz CT molecular complexity index is 1390. The van der Waals surface area contributed by atoms with Crippen molar-refractivity contribution in [2.24, 2.45) is 0 Å². The van der Waals surface area contributed by atoms with E-state index in [0.717, 1.165) is 49.7 Å². The third kappa shape index (κ3) is 2.69. The minimum atomic E-state index is -0.213. The largest absolute Gasteiger partial charge is 0.508 e. The molecule has 5 aromatic rings. The number of phenols is 3. The van der Waals surface area contributed by atoms with E-state index in [-0.39, 0.29) is 23.2 Å². The van der Waals surface area contributed by atoms with Crippen LogP contribution in [-0.2, 0) is 0 Å². The first-order chi connectivity index (χ1) is 15.1. The molecule has 0 saturated carbocycles. The van der Waals surface area contributed by atoms with Crippen LogP contribution in [-0.4, -0.2) is 15.3 Å². The highest BCUT2D eigenvalue weighted by Crippen LogP contribution is 2.52. The molecule has 4 heteroatoms. The molecule has 0 atom stereocenters. The Morgan fingerprint density at radius 3 is 1.48 bits per heavy atom. The van der Waals surface area contributed by atoms with Gasteiger partial charge in [0.25, 0.3) is 0 Å². The van der Waals surface area contributed by atoms with Gasteiger partial charge in [-0.2, -0.15) is 0 Å². The third-order valence-electron chi connectivity index (χ3n) is 6.04. The van der Waals surface area contributed by atoms with Crippen molar-refractivity contribution >= 4 is 21.5 Å².